The van der Waals surface area contributed by atoms with Crippen molar-refractivity contribution in [1.29, 1.82) is 0 Å². The van der Waals surface area contributed by atoms with Crippen molar-refractivity contribution >= 4 is 5.97 Å². The van der Waals surface area contributed by atoms with Crippen LogP contribution in [0.3, 0.4) is 0 Å². The minimum Gasteiger partial charge on any atom is -0.459 e. The molecular weight excluding hydrogens is 216 g/mol. The van der Waals surface area contributed by atoms with E-state index in [0.29, 0.717) is 0 Å². The molecule has 92 valence electrons. The quantitative estimate of drug-likeness (QED) is 0.814. The number of aliphatic hydroxyl groups excluding tert-OH is 1. The normalized spacial score (nSPS) is 24.3. The van der Waals surface area contributed by atoms with E-state index in [4.69, 9.17) is 4.74 Å². The van der Waals surface area contributed by atoms with Crippen molar-refractivity contribution in [3.05, 3.63) is 35.9 Å². The fourth-order valence-corrected chi connectivity index (χ4v) is 2.19. The number of carbonyl (C=O) groups excluding carboxylic acids is 1. The fraction of sp³-hybridized carbons (Fsp3) is 0.500. The molecule has 1 aliphatic rings. The van der Waals surface area contributed by atoms with E-state index < -0.39 is 6.10 Å². The first kappa shape index (κ1) is 12.1. The highest BCUT2D eigenvalue weighted by Crippen LogP contribution is 2.21. The molecule has 1 saturated carbocycles. The molecule has 0 heterocycles. The maximum atomic E-state index is 11.7. The summed E-state index contributed by atoms with van der Waals surface area (Å²) in [6, 6.07) is 9.52. The standard InChI is InChI=1S/C14H18O3/c15-12-8-4-5-9-13(12)17-14(16)10-11-6-2-1-3-7-11/h1-3,6-7,12-13,15H,4-5,8-10H2/t12-,13+/m0/s1. The SMILES string of the molecule is O=C(Cc1ccccc1)O[C@@H]1CCCC[C@@H]1O. The Hall–Kier alpha value is -1.35. The lowest BCUT2D eigenvalue weighted by Gasteiger charge is -2.27. The smallest absolute Gasteiger partial charge is 0.310 e. The first-order chi connectivity index (χ1) is 8.25. The summed E-state index contributed by atoms with van der Waals surface area (Å²) in [5.41, 5.74) is 0.947. The number of hydrogen-bond acceptors (Lipinski definition) is 3. The van der Waals surface area contributed by atoms with E-state index in [1.54, 1.807) is 0 Å². The third-order valence-electron chi connectivity index (χ3n) is 3.14. The molecule has 0 bridgehead atoms. The number of esters is 1. The molecule has 1 fully saturated rings. The van der Waals surface area contributed by atoms with E-state index in [0.717, 1.165) is 31.2 Å². The summed E-state index contributed by atoms with van der Waals surface area (Å²) in [5.74, 6) is -0.248. The van der Waals surface area contributed by atoms with Crippen LogP contribution in [0.15, 0.2) is 30.3 Å². The van der Waals surface area contributed by atoms with Crippen molar-refractivity contribution in [2.45, 2.75) is 44.3 Å². The summed E-state index contributed by atoms with van der Waals surface area (Å²) in [6.45, 7) is 0. The van der Waals surface area contributed by atoms with E-state index in [1.807, 2.05) is 30.3 Å². The van der Waals surface area contributed by atoms with Gasteiger partial charge in [-0.25, -0.2) is 0 Å². The molecule has 0 amide bonds. The Morgan fingerprint density at radius 2 is 1.94 bits per heavy atom. The van der Waals surface area contributed by atoms with Crippen LogP contribution in [0.25, 0.3) is 0 Å². The van der Waals surface area contributed by atoms with Crippen LogP contribution in [0, 0.1) is 0 Å². The van der Waals surface area contributed by atoms with Crippen molar-refractivity contribution in [2.75, 3.05) is 0 Å². The lowest BCUT2D eigenvalue weighted by Crippen LogP contribution is -2.34. The Balaban J connectivity index is 1.84. The van der Waals surface area contributed by atoms with Gasteiger partial charge in [-0.15, -0.1) is 0 Å². The molecule has 0 aliphatic heterocycles. The van der Waals surface area contributed by atoms with Crippen molar-refractivity contribution in [3.8, 4) is 0 Å². The first-order valence-corrected chi connectivity index (χ1v) is 6.17. The lowest BCUT2D eigenvalue weighted by atomic mass is 9.95. The van der Waals surface area contributed by atoms with Gasteiger partial charge < -0.3 is 9.84 Å². The number of rotatable bonds is 3. The van der Waals surface area contributed by atoms with Gasteiger partial charge in [-0.3, -0.25) is 4.79 Å². The fourth-order valence-electron chi connectivity index (χ4n) is 2.19. The van der Waals surface area contributed by atoms with Crippen LogP contribution in [-0.2, 0) is 16.0 Å². The highest BCUT2D eigenvalue weighted by atomic mass is 16.6. The molecule has 3 heteroatoms. The average Bonchev–Trinajstić information content (AvgIpc) is 2.33. The molecule has 0 saturated heterocycles. The third kappa shape index (κ3) is 3.56. The molecule has 0 radical (unpaired) electrons. The Bertz CT molecular complexity index is 361. The highest BCUT2D eigenvalue weighted by Gasteiger charge is 2.26. The van der Waals surface area contributed by atoms with Gasteiger partial charge in [-0.1, -0.05) is 36.8 Å². The van der Waals surface area contributed by atoms with E-state index in [2.05, 4.69) is 0 Å². The molecule has 1 aromatic carbocycles. The Morgan fingerprint density at radius 1 is 1.24 bits per heavy atom. The van der Waals surface area contributed by atoms with Gasteiger partial charge in [0.25, 0.3) is 0 Å². The summed E-state index contributed by atoms with van der Waals surface area (Å²) in [4.78, 5) is 11.7. The van der Waals surface area contributed by atoms with Crippen LogP contribution >= 0.6 is 0 Å². The summed E-state index contributed by atoms with van der Waals surface area (Å²) in [5, 5.41) is 9.71. The molecule has 2 rings (SSSR count). The molecule has 0 unspecified atom stereocenters. The van der Waals surface area contributed by atoms with Crippen LogP contribution < -0.4 is 0 Å². The summed E-state index contributed by atoms with van der Waals surface area (Å²) < 4.78 is 5.32. The molecule has 2 atom stereocenters. The van der Waals surface area contributed by atoms with Gasteiger partial charge in [0, 0.05) is 0 Å². The second-order valence-corrected chi connectivity index (χ2v) is 4.54. The summed E-state index contributed by atoms with van der Waals surface area (Å²) in [6.07, 6.45) is 3.06. The van der Waals surface area contributed by atoms with Crippen molar-refractivity contribution < 1.29 is 14.6 Å². The van der Waals surface area contributed by atoms with Gasteiger partial charge in [0.15, 0.2) is 0 Å². The predicted octanol–water partition coefficient (Wildman–Crippen LogP) is 2.08. The Kier molecular flexibility index (Phi) is 4.15. The van der Waals surface area contributed by atoms with Gasteiger partial charge in [0.2, 0.25) is 0 Å². The molecule has 1 N–H and O–H groups in total. The Labute approximate surface area is 101 Å². The van der Waals surface area contributed by atoms with E-state index in [1.165, 1.54) is 0 Å². The van der Waals surface area contributed by atoms with Gasteiger partial charge in [-0.05, 0) is 24.8 Å². The largest absolute Gasteiger partial charge is 0.459 e. The zero-order valence-electron chi connectivity index (χ0n) is 9.84. The minimum atomic E-state index is -0.483. The molecule has 0 spiro atoms. The summed E-state index contributed by atoms with van der Waals surface area (Å²) >= 11 is 0. The number of carbonyl (C=O) groups is 1. The minimum absolute atomic E-state index is 0.248. The first-order valence-electron chi connectivity index (χ1n) is 6.17. The van der Waals surface area contributed by atoms with E-state index >= 15 is 0 Å². The van der Waals surface area contributed by atoms with Gasteiger partial charge in [0.1, 0.15) is 6.10 Å². The number of aliphatic hydroxyl groups is 1. The van der Waals surface area contributed by atoms with Crippen LogP contribution in [-0.4, -0.2) is 23.3 Å². The van der Waals surface area contributed by atoms with Crippen molar-refractivity contribution in [3.63, 3.8) is 0 Å². The van der Waals surface area contributed by atoms with Gasteiger partial charge in [0.05, 0.1) is 12.5 Å². The monoisotopic (exact) mass is 234 g/mol. The summed E-state index contributed by atoms with van der Waals surface area (Å²) in [7, 11) is 0. The maximum Gasteiger partial charge on any atom is 0.310 e. The average molecular weight is 234 g/mol. The predicted molar refractivity (Wildman–Crippen MR) is 64.5 cm³/mol. The van der Waals surface area contributed by atoms with Crippen LogP contribution in [0.4, 0.5) is 0 Å². The number of hydrogen-bond donors (Lipinski definition) is 1. The third-order valence-corrected chi connectivity index (χ3v) is 3.14. The van der Waals surface area contributed by atoms with Gasteiger partial charge >= 0.3 is 5.97 Å². The molecule has 3 nitrogen and oxygen atoms in total. The lowest BCUT2D eigenvalue weighted by molar-refractivity contribution is -0.156. The molecule has 0 aromatic heterocycles. The van der Waals surface area contributed by atoms with Crippen molar-refractivity contribution in [1.82, 2.24) is 0 Å². The van der Waals surface area contributed by atoms with Crippen LogP contribution in [0.5, 0.6) is 0 Å². The van der Waals surface area contributed by atoms with Gasteiger partial charge in [-0.2, -0.15) is 0 Å². The molecule has 1 aromatic rings. The van der Waals surface area contributed by atoms with Crippen LogP contribution in [0.2, 0.25) is 0 Å². The molecule has 17 heavy (non-hydrogen) atoms. The number of benzene rings is 1. The van der Waals surface area contributed by atoms with Crippen molar-refractivity contribution in [2.24, 2.45) is 0 Å². The highest BCUT2D eigenvalue weighted by molar-refractivity contribution is 5.72. The second kappa shape index (κ2) is 5.82. The second-order valence-electron chi connectivity index (χ2n) is 4.54. The Morgan fingerprint density at radius 3 is 2.65 bits per heavy atom. The van der Waals surface area contributed by atoms with E-state index in [9.17, 15) is 9.90 Å². The zero-order valence-corrected chi connectivity index (χ0v) is 9.84. The molecular formula is C14H18O3. The maximum absolute atomic E-state index is 11.7. The topological polar surface area (TPSA) is 46.5 Å². The zero-order chi connectivity index (χ0) is 12.1. The number of ether oxygens (including phenoxy) is 1. The van der Waals surface area contributed by atoms with Crippen LogP contribution in [0.1, 0.15) is 31.2 Å². The van der Waals surface area contributed by atoms with E-state index in [-0.39, 0.29) is 18.5 Å². The molecule has 1 aliphatic carbocycles.